The van der Waals surface area contributed by atoms with E-state index < -0.39 is 0 Å². The zero-order valence-corrected chi connectivity index (χ0v) is 13.5. The van der Waals surface area contributed by atoms with E-state index in [9.17, 15) is 9.18 Å². The number of nitrogens with one attached hydrogen (secondary N) is 1. The molecule has 0 aliphatic carbocycles. The zero-order chi connectivity index (χ0) is 16.4. The number of hydrogen-bond donors (Lipinski definition) is 1. The molecule has 1 saturated heterocycles. The van der Waals surface area contributed by atoms with E-state index >= 15 is 0 Å². The average Bonchev–Trinajstić information content (AvgIpc) is 2.96. The molecule has 2 aromatic rings. The van der Waals surface area contributed by atoms with E-state index in [1.807, 2.05) is 30.9 Å². The summed E-state index contributed by atoms with van der Waals surface area (Å²) in [5.74, 6) is -0.252. The molecule has 4 heteroatoms. The van der Waals surface area contributed by atoms with E-state index in [1.165, 1.54) is 12.1 Å². The number of aryl methyl sites for hydroxylation is 2. The van der Waals surface area contributed by atoms with Gasteiger partial charge in [-0.3, -0.25) is 0 Å². The second kappa shape index (κ2) is 6.41. The summed E-state index contributed by atoms with van der Waals surface area (Å²) >= 11 is 0. The van der Waals surface area contributed by atoms with Crippen molar-refractivity contribution in [3.05, 3.63) is 65.0 Å². The highest BCUT2D eigenvalue weighted by molar-refractivity contribution is 5.90. The largest absolute Gasteiger partial charge is 0.322 e. The summed E-state index contributed by atoms with van der Waals surface area (Å²) in [5, 5.41) is 2.99. The number of rotatable bonds is 2. The lowest BCUT2D eigenvalue weighted by Gasteiger charge is -2.25. The molecular formula is C19H21FN2O. The van der Waals surface area contributed by atoms with E-state index in [1.54, 1.807) is 12.1 Å². The Morgan fingerprint density at radius 1 is 1.13 bits per heavy atom. The van der Waals surface area contributed by atoms with Gasteiger partial charge in [0.1, 0.15) is 5.82 Å². The molecule has 1 aliphatic rings. The number of halogens is 1. The van der Waals surface area contributed by atoms with Gasteiger partial charge in [0.15, 0.2) is 0 Å². The number of urea groups is 1. The highest BCUT2D eigenvalue weighted by Crippen LogP contribution is 2.32. The lowest BCUT2D eigenvalue weighted by molar-refractivity contribution is 0.207. The van der Waals surface area contributed by atoms with Gasteiger partial charge in [-0.2, -0.15) is 0 Å². The second-order valence-corrected chi connectivity index (χ2v) is 6.21. The lowest BCUT2D eigenvalue weighted by Crippen LogP contribution is -2.34. The van der Waals surface area contributed by atoms with Crippen molar-refractivity contribution in [2.24, 2.45) is 0 Å². The Labute approximate surface area is 136 Å². The predicted molar refractivity (Wildman–Crippen MR) is 90.0 cm³/mol. The van der Waals surface area contributed by atoms with Crippen molar-refractivity contribution in [2.75, 3.05) is 11.9 Å². The maximum absolute atomic E-state index is 13.1. The maximum Gasteiger partial charge on any atom is 0.322 e. The number of hydrogen-bond acceptors (Lipinski definition) is 1. The van der Waals surface area contributed by atoms with Gasteiger partial charge in [-0.15, -0.1) is 0 Å². The minimum atomic E-state index is -0.252. The molecule has 2 aromatic carbocycles. The van der Waals surface area contributed by atoms with E-state index in [4.69, 9.17) is 0 Å². The molecule has 2 amide bonds. The SMILES string of the molecule is Cc1cc(C)cc(NC(=O)N2CCC[C@@H]2c2ccc(F)cc2)c1. The van der Waals surface area contributed by atoms with Gasteiger partial charge in [0.2, 0.25) is 0 Å². The van der Waals surface area contributed by atoms with Crippen molar-refractivity contribution in [1.29, 1.82) is 0 Å². The van der Waals surface area contributed by atoms with Gasteiger partial charge in [0.05, 0.1) is 6.04 Å². The van der Waals surface area contributed by atoms with Crippen molar-refractivity contribution < 1.29 is 9.18 Å². The minimum Gasteiger partial charge on any atom is -0.317 e. The Kier molecular flexibility index (Phi) is 4.33. The molecule has 0 unspecified atom stereocenters. The average molecular weight is 312 g/mol. The molecule has 23 heavy (non-hydrogen) atoms. The summed E-state index contributed by atoms with van der Waals surface area (Å²) in [7, 11) is 0. The van der Waals surface area contributed by atoms with Gasteiger partial charge in [0.25, 0.3) is 0 Å². The van der Waals surface area contributed by atoms with Crippen LogP contribution in [0.2, 0.25) is 0 Å². The molecule has 1 aliphatic heterocycles. The minimum absolute atomic E-state index is 0.0153. The number of carbonyl (C=O) groups excluding carboxylic acids is 1. The molecule has 1 N–H and O–H groups in total. The number of benzene rings is 2. The van der Waals surface area contributed by atoms with Crippen molar-refractivity contribution in [1.82, 2.24) is 4.90 Å². The summed E-state index contributed by atoms with van der Waals surface area (Å²) in [6, 6.07) is 12.4. The van der Waals surface area contributed by atoms with Crippen LogP contribution in [0.1, 0.15) is 35.6 Å². The summed E-state index contributed by atoms with van der Waals surface area (Å²) in [5.41, 5.74) is 4.05. The van der Waals surface area contributed by atoms with Crippen LogP contribution in [0.15, 0.2) is 42.5 Å². The Morgan fingerprint density at radius 2 is 1.78 bits per heavy atom. The Hall–Kier alpha value is -2.36. The third kappa shape index (κ3) is 3.52. The van der Waals surface area contributed by atoms with Crippen molar-refractivity contribution in [2.45, 2.75) is 32.7 Å². The van der Waals surface area contributed by atoms with Gasteiger partial charge < -0.3 is 10.2 Å². The number of carbonyl (C=O) groups is 1. The number of anilines is 1. The van der Waals surface area contributed by atoms with Crippen LogP contribution in [0.5, 0.6) is 0 Å². The predicted octanol–water partition coefficient (Wildman–Crippen LogP) is 4.81. The lowest BCUT2D eigenvalue weighted by atomic mass is 10.0. The van der Waals surface area contributed by atoms with Crippen LogP contribution in [-0.4, -0.2) is 17.5 Å². The fourth-order valence-electron chi connectivity index (χ4n) is 3.28. The molecule has 0 saturated carbocycles. The van der Waals surface area contributed by atoms with Gasteiger partial charge in [-0.25, -0.2) is 9.18 Å². The summed E-state index contributed by atoms with van der Waals surface area (Å²) in [6.45, 7) is 4.75. The van der Waals surface area contributed by atoms with Gasteiger partial charge in [0, 0.05) is 12.2 Å². The summed E-state index contributed by atoms with van der Waals surface area (Å²) < 4.78 is 13.1. The van der Waals surface area contributed by atoms with Gasteiger partial charge >= 0.3 is 6.03 Å². The third-order valence-corrected chi connectivity index (χ3v) is 4.24. The molecule has 3 nitrogen and oxygen atoms in total. The third-order valence-electron chi connectivity index (χ3n) is 4.24. The van der Waals surface area contributed by atoms with Crippen molar-refractivity contribution in [3.63, 3.8) is 0 Å². The fraction of sp³-hybridized carbons (Fsp3) is 0.316. The molecule has 1 heterocycles. The highest BCUT2D eigenvalue weighted by Gasteiger charge is 2.30. The maximum atomic E-state index is 13.1. The Bertz CT molecular complexity index is 692. The van der Waals surface area contributed by atoms with Crippen LogP contribution in [0.3, 0.4) is 0 Å². The van der Waals surface area contributed by atoms with E-state index in [-0.39, 0.29) is 17.9 Å². The highest BCUT2D eigenvalue weighted by atomic mass is 19.1. The molecule has 120 valence electrons. The first-order valence-corrected chi connectivity index (χ1v) is 7.94. The first-order chi connectivity index (χ1) is 11.0. The second-order valence-electron chi connectivity index (χ2n) is 6.21. The molecular weight excluding hydrogens is 291 g/mol. The van der Waals surface area contributed by atoms with Crippen LogP contribution in [0, 0.1) is 19.7 Å². The van der Waals surface area contributed by atoms with Crippen LogP contribution < -0.4 is 5.32 Å². The molecule has 0 spiro atoms. The quantitative estimate of drug-likeness (QED) is 0.848. The molecule has 3 rings (SSSR count). The first-order valence-electron chi connectivity index (χ1n) is 7.94. The molecule has 0 aromatic heterocycles. The molecule has 1 atom stereocenters. The summed E-state index contributed by atoms with van der Waals surface area (Å²) in [6.07, 6.45) is 1.87. The number of amides is 2. The van der Waals surface area contributed by atoms with Crippen LogP contribution in [0.25, 0.3) is 0 Å². The Balaban J connectivity index is 1.76. The van der Waals surface area contributed by atoms with E-state index in [2.05, 4.69) is 11.4 Å². The van der Waals surface area contributed by atoms with Crippen molar-refractivity contribution >= 4 is 11.7 Å². The smallest absolute Gasteiger partial charge is 0.317 e. The first kappa shape index (κ1) is 15.5. The van der Waals surface area contributed by atoms with Crippen molar-refractivity contribution in [3.8, 4) is 0 Å². The fourth-order valence-corrected chi connectivity index (χ4v) is 3.28. The monoisotopic (exact) mass is 312 g/mol. The van der Waals surface area contributed by atoms with Crippen LogP contribution in [-0.2, 0) is 0 Å². The molecule has 0 radical (unpaired) electrons. The standard InChI is InChI=1S/C19H21FN2O/c1-13-10-14(2)12-17(11-13)21-19(23)22-9-3-4-18(22)15-5-7-16(20)8-6-15/h5-8,10-12,18H,3-4,9H2,1-2H3,(H,21,23)/t18-/m1/s1. The van der Waals surface area contributed by atoms with E-state index in [0.29, 0.717) is 0 Å². The number of likely N-dealkylation sites (tertiary alicyclic amines) is 1. The topological polar surface area (TPSA) is 32.3 Å². The zero-order valence-electron chi connectivity index (χ0n) is 13.5. The van der Waals surface area contributed by atoms with Crippen LogP contribution >= 0.6 is 0 Å². The van der Waals surface area contributed by atoms with Crippen LogP contribution in [0.4, 0.5) is 14.9 Å². The normalized spacial score (nSPS) is 17.3. The van der Waals surface area contributed by atoms with E-state index in [0.717, 1.165) is 41.8 Å². The van der Waals surface area contributed by atoms with Gasteiger partial charge in [-0.05, 0) is 67.6 Å². The Morgan fingerprint density at radius 3 is 2.43 bits per heavy atom. The summed E-state index contributed by atoms with van der Waals surface area (Å²) in [4.78, 5) is 14.5. The molecule has 1 fully saturated rings. The van der Waals surface area contributed by atoms with Gasteiger partial charge in [-0.1, -0.05) is 18.2 Å². The molecule has 0 bridgehead atoms. The number of nitrogens with zero attached hydrogens (tertiary/aromatic N) is 1.